The molecule has 5 nitrogen and oxygen atoms in total. The number of aromatic nitrogens is 3. The standard InChI is InChI=1S/C25H29N3O2/c1-3-5-7-12-23-26-24(28(27-23)17-6-4-2)18-19-13-15-20(16-14-19)21-10-8-9-11-22(21)25(29)30/h4,6,8-11,13-16H,3,5,7,12,17-18H2,1-2H3,(H,29,30)/b6-4+. The molecule has 3 aromatic rings. The van der Waals surface area contributed by atoms with E-state index in [1.807, 2.05) is 54.1 Å². The molecule has 0 bridgehead atoms. The molecule has 3 rings (SSSR count). The third-order valence-electron chi connectivity index (χ3n) is 5.09. The Morgan fingerprint density at radius 2 is 1.87 bits per heavy atom. The highest BCUT2D eigenvalue weighted by Gasteiger charge is 2.12. The van der Waals surface area contributed by atoms with Crippen molar-refractivity contribution in [3.8, 4) is 11.1 Å². The van der Waals surface area contributed by atoms with Crippen molar-refractivity contribution in [2.45, 2.75) is 52.5 Å². The second-order valence-corrected chi connectivity index (χ2v) is 7.38. The number of allylic oxidation sites excluding steroid dienone is 2. The van der Waals surface area contributed by atoms with E-state index in [1.165, 1.54) is 12.8 Å². The zero-order valence-corrected chi connectivity index (χ0v) is 17.7. The Labute approximate surface area is 178 Å². The maximum absolute atomic E-state index is 11.5. The second kappa shape index (κ2) is 10.5. The van der Waals surface area contributed by atoms with Crippen LogP contribution >= 0.6 is 0 Å². The minimum Gasteiger partial charge on any atom is -0.478 e. The fraction of sp³-hybridized carbons (Fsp3) is 0.320. The van der Waals surface area contributed by atoms with Gasteiger partial charge in [-0.15, -0.1) is 0 Å². The number of carboxylic acids is 1. The molecule has 0 radical (unpaired) electrons. The number of unbranched alkanes of at least 4 members (excludes halogenated alkanes) is 2. The first kappa shape index (κ1) is 21.5. The predicted molar refractivity (Wildman–Crippen MR) is 120 cm³/mol. The first-order valence-electron chi connectivity index (χ1n) is 10.6. The zero-order chi connectivity index (χ0) is 21.3. The predicted octanol–water partition coefficient (Wildman–Crippen LogP) is 5.54. The quantitative estimate of drug-likeness (QED) is 0.356. The van der Waals surface area contributed by atoms with Crippen LogP contribution in [-0.2, 0) is 19.4 Å². The van der Waals surface area contributed by atoms with E-state index in [0.29, 0.717) is 12.0 Å². The van der Waals surface area contributed by atoms with Crippen LogP contribution in [0.25, 0.3) is 11.1 Å². The van der Waals surface area contributed by atoms with Crippen LogP contribution in [0, 0.1) is 0 Å². The highest BCUT2D eigenvalue weighted by Crippen LogP contribution is 2.24. The molecule has 0 aliphatic rings. The van der Waals surface area contributed by atoms with Crippen LogP contribution in [0.15, 0.2) is 60.7 Å². The lowest BCUT2D eigenvalue weighted by molar-refractivity contribution is 0.0697. The largest absolute Gasteiger partial charge is 0.478 e. The van der Waals surface area contributed by atoms with E-state index in [-0.39, 0.29) is 0 Å². The van der Waals surface area contributed by atoms with E-state index in [4.69, 9.17) is 10.1 Å². The first-order valence-corrected chi connectivity index (χ1v) is 10.6. The van der Waals surface area contributed by atoms with Crippen molar-refractivity contribution >= 4 is 5.97 Å². The van der Waals surface area contributed by atoms with Gasteiger partial charge in [-0.25, -0.2) is 14.5 Å². The van der Waals surface area contributed by atoms with E-state index in [2.05, 4.69) is 13.0 Å². The first-order chi connectivity index (χ1) is 14.6. The summed E-state index contributed by atoms with van der Waals surface area (Å²) in [7, 11) is 0. The molecule has 0 unspecified atom stereocenters. The molecule has 156 valence electrons. The molecule has 0 aliphatic carbocycles. The lowest BCUT2D eigenvalue weighted by Crippen LogP contribution is -2.05. The number of hydrogen-bond acceptors (Lipinski definition) is 3. The van der Waals surface area contributed by atoms with Crippen molar-refractivity contribution in [3.63, 3.8) is 0 Å². The Hall–Kier alpha value is -3.21. The Kier molecular flexibility index (Phi) is 7.55. The van der Waals surface area contributed by atoms with E-state index in [0.717, 1.165) is 47.7 Å². The van der Waals surface area contributed by atoms with E-state index < -0.39 is 5.97 Å². The van der Waals surface area contributed by atoms with E-state index in [1.54, 1.807) is 12.1 Å². The van der Waals surface area contributed by atoms with Crippen molar-refractivity contribution in [1.82, 2.24) is 14.8 Å². The van der Waals surface area contributed by atoms with Gasteiger partial charge < -0.3 is 5.11 Å². The van der Waals surface area contributed by atoms with Crippen LogP contribution in [-0.4, -0.2) is 25.8 Å². The van der Waals surface area contributed by atoms with Crippen molar-refractivity contribution in [1.29, 1.82) is 0 Å². The molecule has 0 atom stereocenters. The van der Waals surface area contributed by atoms with Gasteiger partial charge in [-0.1, -0.05) is 74.4 Å². The Balaban J connectivity index is 1.80. The summed E-state index contributed by atoms with van der Waals surface area (Å²) >= 11 is 0. The van der Waals surface area contributed by atoms with Gasteiger partial charge in [-0.3, -0.25) is 0 Å². The van der Waals surface area contributed by atoms with Crippen LogP contribution in [0.1, 0.15) is 60.7 Å². The third kappa shape index (κ3) is 5.44. The van der Waals surface area contributed by atoms with Gasteiger partial charge in [0.2, 0.25) is 0 Å². The van der Waals surface area contributed by atoms with Crippen LogP contribution in [0.5, 0.6) is 0 Å². The summed E-state index contributed by atoms with van der Waals surface area (Å²) in [5.74, 6) is 0.954. The second-order valence-electron chi connectivity index (χ2n) is 7.38. The zero-order valence-electron chi connectivity index (χ0n) is 17.7. The lowest BCUT2D eigenvalue weighted by Gasteiger charge is -2.08. The molecule has 1 aromatic heterocycles. The minimum atomic E-state index is -0.914. The number of carbonyl (C=O) groups is 1. The molecule has 0 amide bonds. The van der Waals surface area contributed by atoms with E-state index >= 15 is 0 Å². The lowest BCUT2D eigenvalue weighted by atomic mass is 9.98. The third-order valence-corrected chi connectivity index (χ3v) is 5.09. The minimum absolute atomic E-state index is 0.313. The van der Waals surface area contributed by atoms with Gasteiger partial charge in [0.15, 0.2) is 5.82 Å². The average Bonchev–Trinajstić information content (AvgIpc) is 3.14. The molecule has 1 heterocycles. The van der Waals surface area contributed by atoms with Crippen LogP contribution in [0.2, 0.25) is 0 Å². The SMILES string of the molecule is C/C=C/Cn1nc(CCCCC)nc1Cc1ccc(-c2ccccc2C(=O)O)cc1. The van der Waals surface area contributed by atoms with E-state index in [9.17, 15) is 9.90 Å². The number of hydrogen-bond donors (Lipinski definition) is 1. The Bertz CT molecular complexity index is 1000. The molecule has 0 fully saturated rings. The number of aromatic carboxylic acids is 1. The van der Waals surface area contributed by atoms with Gasteiger partial charge in [0.05, 0.1) is 12.1 Å². The van der Waals surface area contributed by atoms with Gasteiger partial charge in [-0.2, -0.15) is 5.10 Å². The van der Waals surface area contributed by atoms with Gasteiger partial charge >= 0.3 is 5.97 Å². The summed E-state index contributed by atoms with van der Waals surface area (Å²) in [4.78, 5) is 16.3. The van der Waals surface area contributed by atoms with Crippen molar-refractivity contribution in [3.05, 3.63) is 83.5 Å². The highest BCUT2D eigenvalue weighted by atomic mass is 16.4. The topological polar surface area (TPSA) is 68.0 Å². The molecule has 5 heteroatoms. The molecule has 30 heavy (non-hydrogen) atoms. The van der Waals surface area contributed by atoms with Gasteiger partial charge in [-0.05, 0) is 36.1 Å². The fourth-order valence-electron chi connectivity index (χ4n) is 3.45. The molecular formula is C25H29N3O2. The highest BCUT2D eigenvalue weighted by molar-refractivity contribution is 5.95. The Morgan fingerprint density at radius 3 is 2.57 bits per heavy atom. The molecule has 0 saturated heterocycles. The summed E-state index contributed by atoms with van der Waals surface area (Å²) in [5.41, 5.74) is 3.06. The number of nitrogens with zero attached hydrogens (tertiary/aromatic N) is 3. The van der Waals surface area contributed by atoms with Crippen LogP contribution in [0.4, 0.5) is 0 Å². The van der Waals surface area contributed by atoms with Gasteiger partial charge in [0.25, 0.3) is 0 Å². The molecule has 0 saturated carbocycles. The van der Waals surface area contributed by atoms with Crippen molar-refractivity contribution in [2.24, 2.45) is 0 Å². The van der Waals surface area contributed by atoms with Gasteiger partial charge in [0.1, 0.15) is 5.82 Å². The van der Waals surface area contributed by atoms with Crippen LogP contribution in [0.3, 0.4) is 0 Å². The summed E-state index contributed by atoms with van der Waals surface area (Å²) in [5, 5.41) is 14.1. The van der Waals surface area contributed by atoms with Gasteiger partial charge in [0, 0.05) is 12.8 Å². The maximum atomic E-state index is 11.5. The number of rotatable bonds is 10. The number of carboxylic acid groups (broad SMARTS) is 1. The van der Waals surface area contributed by atoms with Crippen molar-refractivity contribution in [2.75, 3.05) is 0 Å². The maximum Gasteiger partial charge on any atom is 0.336 e. The summed E-state index contributed by atoms with van der Waals surface area (Å²) in [6.45, 7) is 4.92. The molecule has 0 aliphatic heterocycles. The average molecular weight is 404 g/mol. The van der Waals surface area contributed by atoms with Crippen molar-refractivity contribution < 1.29 is 9.90 Å². The van der Waals surface area contributed by atoms with Crippen LogP contribution < -0.4 is 0 Å². The number of benzene rings is 2. The summed E-state index contributed by atoms with van der Waals surface area (Å²) in [6.07, 6.45) is 9.20. The summed E-state index contributed by atoms with van der Waals surface area (Å²) < 4.78 is 1.98. The smallest absolute Gasteiger partial charge is 0.336 e. The molecule has 1 N–H and O–H groups in total. The molecular weight excluding hydrogens is 374 g/mol. The molecule has 0 spiro atoms. The molecule has 2 aromatic carbocycles. The Morgan fingerprint density at radius 1 is 1.10 bits per heavy atom. The monoisotopic (exact) mass is 403 g/mol. The summed E-state index contributed by atoms with van der Waals surface area (Å²) in [6, 6.07) is 15.1. The fourth-order valence-corrected chi connectivity index (χ4v) is 3.45. The number of aryl methyl sites for hydroxylation is 1. The normalized spacial score (nSPS) is 11.3.